The molecule has 0 aromatic carbocycles. The van der Waals surface area contributed by atoms with Gasteiger partial charge in [0.25, 0.3) is 5.91 Å². The monoisotopic (exact) mass is 358 g/mol. The van der Waals surface area contributed by atoms with Crippen LogP contribution >= 0.6 is 0 Å². The SMILES string of the molecule is CCn1nc(C(=O)N(C)CC2(O)CCCN(c3ncccn3)C2)cc1C. The van der Waals surface area contributed by atoms with Gasteiger partial charge >= 0.3 is 0 Å². The zero-order valence-corrected chi connectivity index (χ0v) is 15.6. The molecular weight excluding hydrogens is 332 g/mol. The molecule has 26 heavy (non-hydrogen) atoms. The second kappa shape index (κ2) is 7.41. The molecule has 1 aliphatic rings. The standard InChI is InChI=1S/C18H26N6O2/c1-4-24-14(2)11-15(21-24)16(25)22(3)12-18(26)7-5-10-23(13-18)17-19-8-6-9-20-17/h6,8-9,11,26H,4-5,7,10,12-13H2,1-3H3. The summed E-state index contributed by atoms with van der Waals surface area (Å²) >= 11 is 0. The molecule has 3 heterocycles. The summed E-state index contributed by atoms with van der Waals surface area (Å²) in [5.41, 5.74) is 0.368. The number of likely N-dealkylation sites (N-methyl/N-ethyl adjacent to an activating group) is 1. The molecule has 8 nitrogen and oxygen atoms in total. The van der Waals surface area contributed by atoms with Crippen molar-refractivity contribution in [2.24, 2.45) is 0 Å². The lowest BCUT2D eigenvalue weighted by molar-refractivity contribution is -0.000459. The van der Waals surface area contributed by atoms with Crippen molar-refractivity contribution in [3.8, 4) is 0 Å². The van der Waals surface area contributed by atoms with Gasteiger partial charge in [0.1, 0.15) is 0 Å². The number of piperidine rings is 1. The van der Waals surface area contributed by atoms with E-state index in [1.54, 1.807) is 41.2 Å². The number of rotatable bonds is 5. The molecule has 2 aromatic rings. The van der Waals surface area contributed by atoms with Gasteiger partial charge in [0.15, 0.2) is 5.69 Å². The van der Waals surface area contributed by atoms with Crippen molar-refractivity contribution >= 4 is 11.9 Å². The first kappa shape index (κ1) is 18.3. The van der Waals surface area contributed by atoms with Crippen LogP contribution in [0.15, 0.2) is 24.5 Å². The molecule has 1 aliphatic heterocycles. The summed E-state index contributed by atoms with van der Waals surface area (Å²) in [7, 11) is 1.71. The molecule has 3 rings (SSSR count). The Morgan fingerprint density at radius 2 is 2.12 bits per heavy atom. The van der Waals surface area contributed by atoms with Gasteiger partial charge in [-0.05, 0) is 38.8 Å². The fraction of sp³-hybridized carbons (Fsp3) is 0.556. The molecule has 1 amide bonds. The molecule has 8 heteroatoms. The third kappa shape index (κ3) is 3.85. The van der Waals surface area contributed by atoms with Crippen molar-refractivity contribution in [2.45, 2.75) is 38.8 Å². The number of aromatic nitrogens is 4. The minimum Gasteiger partial charge on any atom is -0.386 e. The number of β-amino-alcohol motifs (C(OH)–C–C–N with tert-alkyl or cyclic N) is 1. The van der Waals surface area contributed by atoms with Crippen molar-refractivity contribution in [1.82, 2.24) is 24.6 Å². The molecule has 1 atom stereocenters. The first-order valence-electron chi connectivity index (χ1n) is 8.96. The normalized spacial score (nSPS) is 20.2. The van der Waals surface area contributed by atoms with Crippen LogP contribution in [0.3, 0.4) is 0 Å². The first-order valence-corrected chi connectivity index (χ1v) is 8.96. The van der Waals surface area contributed by atoms with Crippen molar-refractivity contribution in [3.63, 3.8) is 0 Å². The van der Waals surface area contributed by atoms with Gasteiger partial charge in [-0.25, -0.2) is 9.97 Å². The molecule has 1 N–H and O–H groups in total. The highest BCUT2D eigenvalue weighted by atomic mass is 16.3. The summed E-state index contributed by atoms with van der Waals surface area (Å²) in [6.45, 7) is 6.08. The third-order valence-electron chi connectivity index (χ3n) is 4.77. The van der Waals surface area contributed by atoms with E-state index < -0.39 is 5.60 Å². The highest BCUT2D eigenvalue weighted by molar-refractivity contribution is 5.92. The average molecular weight is 358 g/mol. The molecule has 0 bridgehead atoms. The minimum atomic E-state index is -0.996. The van der Waals surface area contributed by atoms with E-state index in [1.807, 2.05) is 18.7 Å². The van der Waals surface area contributed by atoms with E-state index in [-0.39, 0.29) is 12.5 Å². The van der Waals surface area contributed by atoms with Gasteiger partial charge in [-0.1, -0.05) is 0 Å². The van der Waals surface area contributed by atoms with E-state index in [1.165, 1.54) is 0 Å². The van der Waals surface area contributed by atoms with E-state index in [0.717, 1.165) is 25.2 Å². The second-order valence-electron chi connectivity index (χ2n) is 6.95. The molecule has 1 saturated heterocycles. The zero-order chi connectivity index (χ0) is 18.7. The van der Waals surface area contributed by atoms with Gasteiger partial charge in [0.2, 0.25) is 5.95 Å². The van der Waals surface area contributed by atoms with Crippen LogP contribution in [0.2, 0.25) is 0 Å². The lowest BCUT2D eigenvalue weighted by Crippen LogP contribution is -2.55. The maximum Gasteiger partial charge on any atom is 0.274 e. The maximum atomic E-state index is 12.7. The van der Waals surface area contributed by atoms with Crippen molar-refractivity contribution < 1.29 is 9.90 Å². The molecular formula is C18H26N6O2. The third-order valence-corrected chi connectivity index (χ3v) is 4.77. The smallest absolute Gasteiger partial charge is 0.274 e. The molecule has 1 fully saturated rings. The fourth-order valence-corrected chi connectivity index (χ4v) is 3.51. The summed E-state index contributed by atoms with van der Waals surface area (Å²) in [4.78, 5) is 24.7. The predicted molar refractivity (Wildman–Crippen MR) is 98.0 cm³/mol. The topological polar surface area (TPSA) is 87.4 Å². The Bertz CT molecular complexity index is 762. The van der Waals surface area contributed by atoms with Crippen LogP contribution in [0.5, 0.6) is 0 Å². The Morgan fingerprint density at radius 3 is 2.77 bits per heavy atom. The van der Waals surface area contributed by atoms with E-state index >= 15 is 0 Å². The van der Waals surface area contributed by atoms with Gasteiger partial charge in [0.05, 0.1) is 18.7 Å². The van der Waals surface area contributed by atoms with Crippen molar-refractivity contribution in [2.75, 3.05) is 31.6 Å². The number of aryl methyl sites for hydroxylation is 2. The summed E-state index contributed by atoms with van der Waals surface area (Å²) < 4.78 is 1.80. The number of hydrogen-bond donors (Lipinski definition) is 1. The quantitative estimate of drug-likeness (QED) is 0.861. The van der Waals surface area contributed by atoms with Crippen LogP contribution in [0, 0.1) is 6.92 Å². The Labute approximate surface area is 153 Å². The molecule has 2 aromatic heterocycles. The maximum absolute atomic E-state index is 12.7. The summed E-state index contributed by atoms with van der Waals surface area (Å²) in [5, 5.41) is 15.4. The fourth-order valence-electron chi connectivity index (χ4n) is 3.51. The van der Waals surface area contributed by atoms with E-state index in [9.17, 15) is 9.90 Å². The first-order chi connectivity index (χ1) is 12.4. The zero-order valence-electron chi connectivity index (χ0n) is 15.6. The number of carbonyl (C=O) groups excluding carboxylic acids is 1. The number of nitrogens with zero attached hydrogens (tertiary/aromatic N) is 6. The number of hydrogen-bond acceptors (Lipinski definition) is 6. The van der Waals surface area contributed by atoms with Gasteiger partial charge in [0, 0.05) is 38.2 Å². The van der Waals surface area contributed by atoms with Gasteiger partial charge in [-0.3, -0.25) is 9.48 Å². The van der Waals surface area contributed by atoms with Crippen LogP contribution in [0.1, 0.15) is 35.9 Å². The van der Waals surface area contributed by atoms with Crippen LogP contribution in [-0.4, -0.2) is 67.9 Å². The number of anilines is 1. The Kier molecular flexibility index (Phi) is 5.22. The van der Waals surface area contributed by atoms with Gasteiger partial charge in [-0.2, -0.15) is 5.10 Å². The molecule has 140 valence electrons. The molecule has 0 spiro atoms. The van der Waals surface area contributed by atoms with E-state index in [4.69, 9.17) is 0 Å². The minimum absolute atomic E-state index is 0.179. The van der Waals surface area contributed by atoms with Crippen LogP contribution in [-0.2, 0) is 6.54 Å². The van der Waals surface area contributed by atoms with Crippen molar-refractivity contribution in [1.29, 1.82) is 0 Å². The highest BCUT2D eigenvalue weighted by Crippen LogP contribution is 2.25. The Hall–Kier alpha value is -2.48. The molecule has 0 saturated carbocycles. The number of carbonyl (C=O) groups is 1. The number of amides is 1. The van der Waals surface area contributed by atoms with Gasteiger partial charge < -0.3 is 14.9 Å². The largest absolute Gasteiger partial charge is 0.386 e. The van der Waals surface area contributed by atoms with E-state index in [2.05, 4.69) is 15.1 Å². The summed E-state index contributed by atoms with van der Waals surface area (Å²) in [5.74, 6) is 0.429. The van der Waals surface area contributed by atoms with Crippen LogP contribution in [0.25, 0.3) is 0 Å². The predicted octanol–water partition coefficient (Wildman–Crippen LogP) is 1.10. The van der Waals surface area contributed by atoms with Crippen molar-refractivity contribution in [3.05, 3.63) is 35.9 Å². The summed E-state index contributed by atoms with van der Waals surface area (Å²) in [6, 6.07) is 3.56. The van der Waals surface area contributed by atoms with Crippen LogP contribution < -0.4 is 4.90 Å². The lowest BCUT2D eigenvalue weighted by Gasteiger charge is -2.41. The lowest BCUT2D eigenvalue weighted by atomic mass is 9.92. The average Bonchev–Trinajstić information content (AvgIpc) is 3.02. The number of aliphatic hydroxyl groups is 1. The molecule has 0 aliphatic carbocycles. The highest BCUT2D eigenvalue weighted by Gasteiger charge is 2.36. The van der Waals surface area contributed by atoms with E-state index in [0.29, 0.717) is 24.6 Å². The molecule has 1 unspecified atom stereocenters. The Morgan fingerprint density at radius 1 is 1.38 bits per heavy atom. The second-order valence-corrected chi connectivity index (χ2v) is 6.95. The summed E-state index contributed by atoms with van der Waals surface area (Å²) in [6.07, 6.45) is 4.84. The Balaban J connectivity index is 1.68. The van der Waals surface area contributed by atoms with Crippen LogP contribution in [0.4, 0.5) is 5.95 Å². The molecule has 0 radical (unpaired) electrons. The van der Waals surface area contributed by atoms with Gasteiger partial charge in [-0.15, -0.1) is 0 Å².